The second-order valence-corrected chi connectivity index (χ2v) is 20.3. The number of unbranched alkanes of at least 4 members (excludes halogenated alkanes) is 48. The molecule has 0 aromatic heterocycles. The molecule has 0 heterocycles. The van der Waals surface area contributed by atoms with Crippen molar-refractivity contribution < 1.29 is 0 Å². The molecule has 0 unspecified atom stereocenters. The summed E-state index contributed by atoms with van der Waals surface area (Å²) in [6, 6.07) is 0. The zero-order valence-corrected chi connectivity index (χ0v) is 46.6. The van der Waals surface area contributed by atoms with Gasteiger partial charge in [-0.2, -0.15) is 0 Å². The summed E-state index contributed by atoms with van der Waals surface area (Å²) in [6.45, 7) is 13.7. The van der Waals surface area contributed by atoms with Crippen LogP contribution in [0.5, 0.6) is 0 Å². The van der Waals surface area contributed by atoms with E-state index in [0.717, 1.165) is 26.2 Å². The van der Waals surface area contributed by atoms with Crippen molar-refractivity contribution in [3.63, 3.8) is 0 Å². The summed E-state index contributed by atoms with van der Waals surface area (Å²) in [5.74, 6) is 0. The van der Waals surface area contributed by atoms with Crippen LogP contribution < -0.4 is 0 Å². The average Bonchev–Trinajstić information content (AvgIpc) is 3.28. The Morgan fingerprint density at radius 1 is 0.143 bits per heavy atom. The Balaban J connectivity index is -0.00000112. The molecule has 0 aromatic carbocycles. The Kier molecular flexibility index (Phi) is 74.7. The van der Waals surface area contributed by atoms with Gasteiger partial charge in [0.1, 0.15) is 0 Å². The van der Waals surface area contributed by atoms with Gasteiger partial charge in [0.05, 0.1) is 0 Å². The topological polar surface area (TPSA) is 28.2 Å². The van der Waals surface area contributed by atoms with Gasteiger partial charge >= 0.3 is 23.1 Å². The van der Waals surface area contributed by atoms with Crippen molar-refractivity contribution in [1.82, 2.24) is 0 Å². The van der Waals surface area contributed by atoms with Crippen molar-refractivity contribution in [1.29, 1.82) is 0 Å². The summed E-state index contributed by atoms with van der Waals surface area (Å²) in [4.78, 5) is 0. The van der Waals surface area contributed by atoms with Crippen molar-refractivity contribution >= 4 is 23.1 Å². The van der Waals surface area contributed by atoms with E-state index in [4.69, 9.17) is 10.6 Å². The second kappa shape index (κ2) is 69.3. The minimum absolute atomic E-state index is 0. The normalized spacial score (nSPS) is 11.2. The summed E-state index contributed by atoms with van der Waals surface area (Å²) in [7, 11) is 0. The van der Waals surface area contributed by atoms with Gasteiger partial charge in [0.2, 0.25) is 0 Å². The molecule has 0 radical (unpaired) electrons. The Morgan fingerprint density at radius 3 is 0.349 bits per heavy atom. The van der Waals surface area contributed by atoms with Crippen molar-refractivity contribution in [2.45, 2.75) is 362 Å². The maximum Gasteiger partial charge on any atom is 2.00 e. The van der Waals surface area contributed by atoms with Gasteiger partial charge in [-0.05, 0) is 0 Å². The van der Waals surface area contributed by atoms with Gasteiger partial charge in [0, 0.05) is 0 Å². The third-order valence-corrected chi connectivity index (χ3v) is 13.7. The van der Waals surface area contributed by atoms with Crippen molar-refractivity contribution in [3.8, 4) is 0 Å². The van der Waals surface area contributed by atoms with E-state index >= 15 is 0 Å². The van der Waals surface area contributed by atoms with Crippen LogP contribution >= 0.6 is 0 Å². The molecule has 0 rings (SSSR count). The molecular weight excluding hydrogens is 773 g/mol. The molecule has 0 saturated heterocycles. The maximum absolute atomic E-state index is 4.75. The van der Waals surface area contributed by atoms with Gasteiger partial charge in [0.15, 0.2) is 0 Å². The summed E-state index contributed by atoms with van der Waals surface area (Å²) >= 11 is 0. The molecule has 3 heteroatoms. The fourth-order valence-electron chi connectivity index (χ4n) is 9.19. The van der Waals surface area contributed by atoms with E-state index in [9.17, 15) is 0 Å². The monoisotopic (exact) mass is 897 g/mol. The zero-order valence-electron chi connectivity index (χ0n) is 45.2. The summed E-state index contributed by atoms with van der Waals surface area (Å²) in [5.41, 5.74) is 0. The number of nitrogens with zero attached hydrogens (tertiary/aromatic N) is 2. The molecule has 0 bridgehead atoms. The minimum Gasteiger partial charge on any atom is -0.662 e. The van der Waals surface area contributed by atoms with Crippen LogP contribution in [0, 0.1) is 0 Å². The Morgan fingerprint density at radius 2 is 0.238 bits per heavy atom. The third kappa shape index (κ3) is 71.8. The number of hydrogen-bond donors (Lipinski definition) is 0. The molecule has 63 heavy (non-hydrogen) atoms. The molecule has 0 fully saturated rings. The first-order valence-electron chi connectivity index (χ1n) is 30.1. The molecule has 0 aliphatic rings. The second-order valence-electron chi connectivity index (χ2n) is 20.3. The maximum atomic E-state index is 4.75. The fraction of sp³-hybridized carbons (Fsp3) is 1.00. The van der Waals surface area contributed by atoms with E-state index in [1.807, 2.05) is 0 Å². The molecule has 0 N–H and O–H groups in total. The van der Waals surface area contributed by atoms with Crippen LogP contribution in [-0.4, -0.2) is 49.2 Å². The Labute approximate surface area is 419 Å². The van der Waals surface area contributed by atoms with Gasteiger partial charge in [-0.25, -0.2) is 0 Å². The zero-order chi connectivity index (χ0) is 45.0. The molecule has 0 saturated carbocycles. The molecule has 0 spiro atoms. The predicted molar refractivity (Wildman–Crippen MR) is 295 cm³/mol. The standard InChI is InChI=1S/2C30H62N.Mg/c2*1-3-5-7-9-11-13-15-17-19-21-23-25-27-29-31-30-28-26-24-22-20-18-16-14-12-10-8-6-4-2;/h2*3-30H2,1-2H3;/q2*-1;+2. The van der Waals surface area contributed by atoms with E-state index in [-0.39, 0.29) is 23.1 Å². The predicted octanol–water partition coefficient (Wildman–Crippen LogP) is 22.7. The number of rotatable bonds is 56. The molecular formula is C60H124MgN2. The van der Waals surface area contributed by atoms with E-state index in [1.54, 1.807) is 0 Å². The summed E-state index contributed by atoms with van der Waals surface area (Å²) in [5, 5.41) is 9.50. The van der Waals surface area contributed by atoms with E-state index in [0.29, 0.717) is 0 Å². The van der Waals surface area contributed by atoms with Crippen LogP contribution in [0.15, 0.2) is 0 Å². The van der Waals surface area contributed by atoms with E-state index in [2.05, 4.69) is 27.7 Å². The van der Waals surface area contributed by atoms with Gasteiger partial charge in [0.25, 0.3) is 0 Å². The Hall–Kier alpha value is 0.686. The summed E-state index contributed by atoms with van der Waals surface area (Å²) in [6.07, 6.45) is 74.8. The van der Waals surface area contributed by atoms with Crippen LogP contribution in [0.2, 0.25) is 0 Å². The van der Waals surface area contributed by atoms with Gasteiger partial charge < -0.3 is 10.6 Å². The molecule has 2 nitrogen and oxygen atoms in total. The molecule has 0 atom stereocenters. The first kappa shape index (κ1) is 68.0. The van der Waals surface area contributed by atoms with Gasteiger partial charge in [-0.3, -0.25) is 0 Å². The van der Waals surface area contributed by atoms with E-state index < -0.39 is 0 Å². The molecule has 0 aromatic rings. The smallest absolute Gasteiger partial charge is 0.662 e. The molecule has 0 amide bonds. The number of hydrogen-bond acceptors (Lipinski definition) is 0. The largest absolute Gasteiger partial charge is 2.00 e. The molecule has 0 aliphatic carbocycles. The van der Waals surface area contributed by atoms with Gasteiger partial charge in [-0.15, -0.1) is 26.2 Å². The first-order chi connectivity index (χ1) is 30.8. The SMILES string of the molecule is CCCCCCCCCCCCCCC[N-]CCCCCCCCCCCCCCC.CCCCCCCCCCCCCCC[N-]CCCCCCCCCCCCCCC.[Mg+2]. The quantitative estimate of drug-likeness (QED) is 0.0430. The molecule has 376 valence electrons. The first-order valence-corrected chi connectivity index (χ1v) is 30.1. The Bertz CT molecular complexity index is 586. The van der Waals surface area contributed by atoms with Crippen LogP contribution in [0.3, 0.4) is 0 Å². The van der Waals surface area contributed by atoms with Crippen LogP contribution in [0.1, 0.15) is 362 Å². The fourth-order valence-corrected chi connectivity index (χ4v) is 9.19. The summed E-state index contributed by atoms with van der Waals surface area (Å²) < 4.78 is 0. The van der Waals surface area contributed by atoms with Gasteiger partial charge in [-0.1, -0.05) is 362 Å². The van der Waals surface area contributed by atoms with E-state index in [1.165, 1.54) is 334 Å². The van der Waals surface area contributed by atoms with Crippen LogP contribution in [0.25, 0.3) is 10.6 Å². The third-order valence-electron chi connectivity index (χ3n) is 13.7. The van der Waals surface area contributed by atoms with Crippen LogP contribution in [-0.2, 0) is 0 Å². The molecule has 0 aliphatic heterocycles. The van der Waals surface area contributed by atoms with Crippen molar-refractivity contribution in [2.24, 2.45) is 0 Å². The average molecular weight is 898 g/mol. The van der Waals surface area contributed by atoms with Crippen LogP contribution in [0.4, 0.5) is 0 Å². The van der Waals surface area contributed by atoms with Crippen molar-refractivity contribution in [3.05, 3.63) is 10.6 Å². The minimum atomic E-state index is 0. The van der Waals surface area contributed by atoms with Crippen molar-refractivity contribution in [2.75, 3.05) is 26.2 Å².